The van der Waals surface area contributed by atoms with Gasteiger partial charge in [-0.25, -0.2) is 0 Å². The Morgan fingerprint density at radius 1 is 1.20 bits per heavy atom. The first-order valence-corrected chi connectivity index (χ1v) is 6.76. The second-order valence-electron chi connectivity index (χ2n) is 4.64. The number of carbonyl (C=O) groups excluding carboxylic acids is 1. The fraction of sp³-hybridized carbons (Fsp3) is 0.188. The van der Waals surface area contributed by atoms with Gasteiger partial charge in [0.15, 0.2) is 0 Å². The van der Waals surface area contributed by atoms with E-state index in [1.165, 1.54) is 0 Å². The minimum Gasteiger partial charge on any atom is -0.508 e. The molecule has 0 spiro atoms. The Balaban J connectivity index is 1.88. The third-order valence-corrected chi connectivity index (χ3v) is 3.48. The van der Waals surface area contributed by atoms with Crippen molar-refractivity contribution in [2.45, 2.75) is 13.3 Å². The topological polar surface area (TPSA) is 49.3 Å². The third-order valence-electron chi connectivity index (χ3n) is 3.07. The van der Waals surface area contributed by atoms with Gasteiger partial charge in [0.25, 0.3) is 5.91 Å². The lowest BCUT2D eigenvalue weighted by atomic mass is 10.1. The summed E-state index contributed by atoms with van der Waals surface area (Å²) in [4.78, 5) is 11.9. The fourth-order valence-electron chi connectivity index (χ4n) is 1.82. The Labute approximate surface area is 123 Å². The predicted molar refractivity (Wildman–Crippen MR) is 80.3 cm³/mol. The first-order chi connectivity index (χ1) is 9.56. The van der Waals surface area contributed by atoms with Crippen LogP contribution in [0.15, 0.2) is 42.5 Å². The number of amides is 1. The third kappa shape index (κ3) is 3.75. The lowest BCUT2D eigenvalue weighted by Crippen LogP contribution is -2.25. The molecule has 0 saturated carbocycles. The molecule has 0 aromatic heterocycles. The maximum Gasteiger partial charge on any atom is 0.251 e. The van der Waals surface area contributed by atoms with Crippen molar-refractivity contribution in [3.8, 4) is 5.75 Å². The Morgan fingerprint density at radius 2 is 1.90 bits per heavy atom. The summed E-state index contributed by atoms with van der Waals surface area (Å²) in [5.74, 6) is 0.109. The summed E-state index contributed by atoms with van der Waals surface area (Å²) in [6.45, 7) is 2.43. The SMILES string of the molecule is Cc1ccc(C(=O)NCCc2ccc(O)cc2)cc1Cl. The molecule has 0 aliphatic heterocycles. The van der Waals surface area contributed by atoms with Gasteiger partial charge in [-0.1, -0.05) is 29.8 Å². The van der Waals surface area contributed by atoms with Gasteiger partial charge in [0.1, 0.15) is 5.75 Å². The molecular weight excluding hydrogens is 274 g/mol. The molecule has 2 N–H and O–H groups in total. The first kappa shape index (κ1) is 14.4. The van der Waals surface area contributed by atoms with Gasteiger partial charge in [-0.05, 0) is 48.7 Å². The molecule has 0 bridgehead atoms. The Bertz CT molecular complexity index is 608. The molecule has 1 amide bonds. The number of halogens is 1. The van der Waals surface area contributed by atoms with E-state index in [1.807, 2.05) is 25.1 Å². The van der Waals surface area contributed by atoms with Crippen LogP contribution in [0.25, 0.3) is 0 Å². The molecule has 0 heterocycles. The van der Waals surface area contributed by atoms with E-state index < -0.39 is 0 Å². The number of aromatic hydroxyl groups is 1. The van der Waals surface area contributed by atoms with Crippen LogP contribution in [0.1, 0.15) is 21.5 Å². The number of carbonyl (C=O) groups is 1. The molecule has 4 heteroatoms. The van der Waals surface area contributed by atoms with Crippen LogP contribution in [0.2, 0.25) is 5.02 Å². The normalized spacial score (nSPS) is 10.3. The average Bonchev–Trinajstić information content (AvgIpc) is 2.44. The number of nitrogens with one attached hydrogen (secondary N) is 1. The summed E-state index contributed by atoms with van der Waals surface area (Å²) in [7, 11) is 0. The first-order valence-electron chi connectivity index (χ1n) is 6.38. The zero-order chi connectivity index (χ0) is 14.5. The van der Waals surface area contributed by atoms with Gasteiger partial charge >= 0.3 is 0 Å². The van der Waals surface area contributed by atoms with E-state index >= 15 is 0 Å². The number of hydrogen-bond donors (Lipinski definition) is 2. The molecule has 3 nitrogen and oxygen atoms in total. The summed E-state index contributed by atoms with van der Waals surface area (Å²) in [5, 5.41) is 12.6. The molecule has 0 radical (unpaired) electrons. The number of phenols is 1. The summed E-state index contributed by atoms with van der Waals surface area (Å²) >= 11 is 6.00. The second kappa shape index (κ2) is 6.44. The van der Waals surface area contributed by atoms with E-state index in [2.05, 4.69) is 5.32 Å². The van der Waals surface area contributed by atoms with Gasteiger partial charge in [0, 0.05) is 17.1 Å². The second-order valence-corrected chi connectivity index (χ2v) is 5.04. The lowest BCUT2D eigenvalue weighted by Gasteiger charge is -2.07. The smallest absolute Gasteiger partial charge is 0.251 e. The lowest BCUT2D eigenvalue weighted by molar-refractivity contribution is 0.0954. The molecule has 0 saturated heterocycles. The van der Waals surface area contributed by atoms with Crippen LogP contribution in [0.5, 0.6) is 5.75 Å². The van der Waals surface area contributed by atoms with E-state index in [-0.39, 0.29) is 11.7 Å². The fourth-order valence-corrected chi connectivity index (χ4v) is 2.00. The molecule has 2 aromatic carbocycles. The summed E-state index contributed by atoms with van der Waals surface area (Å²) in [6.07, 6.45) is 0.714. The number of benzene rings is 2. The van der Waals surface area contributed by atoms with Gasteiger partial charge in [0.05, 0.1) is 0 Å². The number of aryl methyl sites for hydroxylation is 1. The highest BCUT2D eigenvalue weighted by atomic mass is 35.5. The van der Waals surface area contributed by atoms with Crippen LogP contribution < -0.4 is 5.32 Å². The summed E-state index contributed by atoms with van der Waals surface area (Å²) < 4.78 is 0. The zero-order valence-corrected chi connectivity index (χ0v) is 11.9. The van der Waals surface area contributed by atoms with Crippen molar-refractivity contribution in [3.63, 3.8) is 0 Å². The van der Waals surface area contributed by atoms with Gasteiger partial charge < -0.3 is 10.4 Å². The number of hydrogen-bond acceptors (Lipinski definition) is 2. The molecule has 0 atom stereocenters. The average molecular weight is 290 g/mol. The van der Waals surface area contributed by atoms with Crippen LogP contribution in [-0.2, 0) is 6.42 Å². The van der Waals surface area contributed by atoms with E-state index in [0.717, 1.165) is 11.1 Å². The summed E-state index contributed by atoms with van der Waals surface area (Å²) in [6, 6.07) is 12.2. The molecule has 20 heavy (non-hydrogen) atoms. The monoisotopic (exact) mass is 289 g/mol. The van der Waals surface area contributed by atoms with Gasteiger partial charge in [0.2, 0.25) is 0 Å². The molecule has 0 unspecified atom stereocenters. The Hall–Kier alpha value is -2.00. The van der Waals surface area contributed by atoms with Gasteiger partial charge in [-0.3, -0.25) is 4.79 Å². The highest BCUT2D eigenvalue weighted by molar-refractivity contribution is 6.31. The summed E-state index contributed by atoms with van der Waals surface area (Å²) in [5.41, 5.74) is 2.57. The predicted octanol–water partition coefficient (Wildman–Crippen LogP) is 3.33. The van der Waals surface area contributed by atoms with E-state index in [0.29, 0.717) is 23.6 Å². The highest BCUT2D eigenvalue weighted by Crippen LogP contribution is 2.16. The van der Waals surface area contributed by atoms with Crippen molar-refractivity contribution in [2.24, 2.45) is 0 Å². The molecule has 2 rings (SSSR count). The number of phenolic OH excluding ortho intramolecular Hbond substituents is 1. The van der Waals surface area contributed by atoms with Crippen LogP contribution in [-0.4, -0.2) is 17.6 Å². The molecule has 104 valence electrons. The van der Waals surface area contributed by atoms with Crippen molar-refractivity contribution >= 4 is 17.5 Å². The molecule has 0 aliphatic carbocycles. The standard InChI is InChI=1S/C16H16ClNO2/c1-11-2-5-13(10-15(11)17)16(20)18-9-8-12-3-6-14(19)7-4-12/h2-7,10,19H,8-9H2,1H3,(H,18,20). The minimum absolute atomic E-state index is 0.134. The minimum atomic E-state index is -0.134. The van der Waals surface area contributed by atoms with Crippen molar-refractivity contribution in [1.29, 1.82) is 0 Å². The van der Waals surface area contributed by atoms with Crippen LogP contribution in [0.3, 0.4) is 0 Å². The van der Waals surface area contributed by atoms with E-state index in [4.69, 9.17) is 11.6 Å². The van der Waals surface area contributed by atoms with Crippen molar-refractivity contribution in [1.82, 2.24) is 5.32 Å². The van der Waals surface area contributed by atoms with E-state index in [1.54, 1.807) is 24.3 Å². The maximum atomic E-state index is 11.9. The quantitative estimate of drug-likeness (QED) is 0.907. The maximum absolute atomic E-state index is 11.9. The zero-order valence-electron chi connectivity index (χ0n) is 11.2. The molecular formula is C16H16ClNO2. The van der Waals surface area contributed by atoms with Crippen molar-refractivity contribution < 1.29 is 9.90 Å². The largest absolute Gasteiger partial charge is 0.508 e. The Morgan fingerprint density at radius 3 is 2.55 bits per heavy atom. The van der Waals surface area contributed by atoms with Crippen molar-refractivity contribution in [2.75, 3.05) is 6.54 Å². The number of rotatable bonds is 4. The molecule has 0 fully saturated rings. The highest BCUT2D eigenvalue weighted by Gasteiger charge is 2.06. The van der Waals surface area contributed by atoms with Gasteiger partial charge in [-0.2, -0.15) is 0 Å². The molecule has 0 aliphatic rings. The van der Waals surface area contributed by atoms with Crippen LogP contribution in [0.4, 0.5) is 0 Å². The Kier molecular flexibility index (Phi) is 4.64. The van der Waals surface area contributed by atoms with Crippen molar-refractivity contribution in [3.05, 3.63) is 64.2 Å². The van der Waals surface area contributed by atoms with Crippen LogP contribution >= 0.6 is 11.6 Å². The van der Waals surface area contributed by atoms with Gasteiger partial charge in [-0.15, -0.1) is 0 Å². The molecule has 2 aromatic rings. The van der Waals surface area contributed by atoms with E-state index in [9.17, 15) is 9.90 Å². The van der Waals surface area contributed by atoms with Crippen LogP contribution in [0, 0.1) is 6.92 Å².